The van der Waals surface area contributed by atoms with Crippen LogP contribution in [-0.4, -0.2) is 6.54 Å². The Kier molecular flexibility index (Phi) is 5.15. The monoisotopic (exact) mass is 271 g/mol. The molecule has 0 saturated heterocycles. The Balaban J connectivity index is 1.72. The summed E-state index contributed by atoms with van der Waals surface area (Å²) >= 11 is 12.1. The first kappa shape index (κ1) is 13.2. The van der Waals surface area contributed by atoms with Gasteiger partial charge in [0.15, 0.2) is 0 Å². The standard InChI is InChI=1S/C14H19Cl2N/c15-13-5-6-14(16)12(9-13)10-17-8-7-11-3-1-2-4-11/h5-6,9,11,17H,1-4,7-8,10H2. The predicted molar refractivity (Wildman–Crippen MR) is 74.7 cm³/mol. The van der Waals surface area contributed by atoms with E-state index in [0.717, 1.165) is 34.6 Å². The second kappa shape index (κ2) is 6.63. The van der Waals surface area contributed by atoms with Crippen LogP contribution < -0.4 is 5.32 Å². The Bertz CT molecular complexity index is 359. The summed E-state index contributed by atoms with van der Waals surface area (Å²) in [6, 6.07) is 5.62. The lowest BCUT2D eigenvalue weighted by atomic mass is 10.0. The van der Waals surface area contributed by atoms with Crippen molar-refractivity contribution in [1.29, 1.82) is 0 Å². The maximum absolute atomic E-state index is 6.10. The minimum absolute atomic E-state index is 0.752. The van der Waals surface area contributed by atoms with Crippen molar-refractivity contribution in [2.24, 2.45) is 5.92 Å². The highest BCUT2D eigenvalue weighted by Crippen LogP contribution is 2.27. The first-order chi connectivity index (χ1) is 8.25. The molecule has 2 rings (SSSR count). The van der Waals surface area contributed by atoms with Gasteiger partial charge in [-0.05, 0) is 42.6 Å². The molecule has 0 heterocycles. The Morgan fingerprint density at radius 2 is 1.94 bits per heavy atom. The summed E-state index contributed by atoms with van der Waals surface area (Å²) in [5.74, 6) is 0.942. The molecule has 0 unspecified atom stereocenters. The van der Waals surface area contributed by atoms with Gasteiger partial charge in [-0.1, -0.05) is 48.9 Å². The SMILES string of the molecule is Clc1ccc(Cl)c(CNCCC2CCCC2)c1. The van der Waals surface area contributed by atoms with E-state index in [4.69, 9.17) is 23.2 Å². The predicted octanol–water partition coefficient (Wildman–Crippen LogP) is 4.66. The number of hydrogen-bond donors (Lipinski definition) is 1. The van der Waals surface area contributed by atoms with Crippen LogP contribution in [0.25, 0.3) is 0 Å². The van der Waals surface area contributed by atoms with Crippen molar-refractivity contribution < 1.29 is 0 Å². The third kappa shape index (κ3) is 4.17. The van der Waals surface area contributed by atoms with Gasteiger partial charge in [0.2, 0.25) is 0 Å². The lowest BCUT2D eigenvalue weighted by Gasteiger charge is -2.10. The van der Waals surface area contributed by atoms with Crippen LogP contribution in [-0.2, 0) is 6.54 Å². The number of benzene rings is 1. The number of rotatable bonds is 5. The van der Waals surface area contributed by atoms with Gasteiger partial charge in [0.1, 0.15) is 0 Å². The smallest absolute Gasteiger partial charge is 0.0451 e. The highest BCUT2D eigenvalue weighted by molar-refractivity contribution is 6.33. The summed E-state index contributed by atoms with van der Waals surface area (Å²) in [6.07, 6.45) is 6.97. The molecular formula is C14H19Cl2N. The summed E-state index contributed by atoms with van der Waals surface area (Å²) in [5, 5.41) is 5.00. The van der Waals surface area contributed by atoms with E-state index in [1.807, 2.05) is 18.2 Å². The quantitative estimate of drug-likeness (QED) is 0.768. The zero-order valence-electron chi connectivity index (χ0n) is 10.0. The summed E-state index contributed by atoms with van der Waals surface area (Å²) in [5.41, 5.74) is 1.09. The van der Waals surface area contributed by atoms with E-state index in [1.54, 1.807) is 0 Å². The van der Waals surface area contributed by atoms with Gasteiger partial charge in [0, 0.05) is 16.6 Å². The van der Waals surface area contributed by atoms with Gasteiger partial charge in [-0.2, -0.15) is 0 Å². The summed E-state index contributed by atoms with van der Waals surface area (Å²) in [4.78, 5) is 0. The van der Waals surface area contributed by atoms with Crippen LogP contribution in [0.1, 0.15) is 37.7 Å². The Labute approximate surface area is 114 Å². The molecule has 0 amide bonds. The fraction of sp³-hybridized carbons (Fsp3) is 0.571. The maximum atomic E-state index is 6.10. The van der Waals surface area contributed by atoms with Crippen molar-refractivity contribution in [3.63, 3.8) is 0 Å². The van der Waals surface area contributed by atoms with Crippen LogP contribution in [0.5, 0.6) is 0 Å². The van der Waals surface area contributed by atoms with Crippen molar-refractivity contribution >= 4 is 23.2 Å². The minimum Gasteiger partial charge on any atom is -0.313 e. The normalized spacial score (nSPS) is 16.6. The molecule has 1 aliphatic rings. The molecule has 0 aliphatic heterocycles. The molecule has 1 aromatic rings. The first-order valence-corrected chi connectivity index (χ1v) is 7.16. The summed E-state index contributed by atoms with van der Waals surface area (Å²) in [6.45, 7) is 1.89. The van der Waals surface area contributed by atoms with Crippen molar-refractivity contribution in [1.82, 2.24) is 5.32 Å². The van der Waals surface area contributed by atoms with Crippen LogP contribution in [0.2, 0.25) is 10.0 Å². The van der Waals surface area contributed by atoms with Gasteiger partial charge in [-0.25, -0.2) is 0 Å². The molecule has 17 heavy (non-hydrogen) atoms. The summed E-state index contributed by atoms with van der Waals surface area (Å²) in [7, 11) is 0. The second-order valence-electron chi connectivity index (χ2n) is 4.85. The lowest BCUT2D eigenvalue weighted by molar-refractivity contribution is 0.477. The van der Waals surface area contributed by atoms with Gasteiger partial charge >= 0.3 is 0 Å². The fourth-order valence-electron chi connectivity index (χ4n) is 2.51. The van der Waals surface area contributed by atoms with Crippen LogP contribution in [0, 0.1) is 5.92 Å². The van der Waals surface area contributed by atoms with Crippen molar-refractivity contribution in [2.45, 2.75) is 38.6 Å². The fourth-order valence-corrected chi connectivity index (χ4v) is 2.89. The molecule has 1 aromatic carbocycles. The van der Waals surface area contributed by atoms with E-state index in [1.165, 1.54) is 32.1 Å². The van der Waals surface area contributed by atoms with Gasteiger partial charge < -0.3 is 5.32 Å². The van der Waals surface area contributed by atoms with E-state index in [-0.39, 0.29) is 0 Å². The first-order valence-electron chi connectivity index (χ1n) is 6.40. The van der Waals surface area contributed by atoms with Gasteiger partial charge in [0.25, 0.3) is 0 Å². The minimum atomic E-state index is 0.752. The number of hydrogen-bond acceptors (Lipinski definition) is 1. The lowest BCUT2D eigenvalue weighted by Crippen LogP contribution is -2.17. The molecule has 94 valence electrons. The summed E-state index contributed by atoms with van der Waals surface area (Å²) < 4.78 is 0. The number of nitrogens with one attached hydrogen (secondary N) is 1. The molecule has 0 atom stereocenters. The molecule has 0 aromatic heterocycles. The van der Waals surface area contributed by atoms with Gasteiger partial charge in [0.05, 0.1) is 0 Å². The van der Waals surface area contributed by atoms with Crippen molar-refractivity contribution in [2.75, 3.05) is 6.54 Å². The Morgan fingerprint density at radius 3 is 2.71 bits per heavy atom. The van der Waals surface area contributed by atoms with E-state index >= 15 is 0 Å². The molecule has 0 radical (unpaired) electrons. The van der Waals surface area contributed by atoms with Crippen LogP contribution in [0.15, 0.2) is 18.2 Å². The third-order valence-corrected chi connectivity index (χ3v) is 4.13. The molecule has 1 fully saturated rings. The molecule has 3 heteroatoms. The molecule has 0 bridgehead atoms. The zero-order valence-corrected chi connectivity index (χ0v) is 11.5. The molecule has 0 spiro atoms. The maximum Gasteiger partial charge on any atom is 0.0451 e. The van der Waals surface area contributed by atoms with Gasteiger partial charge in [-0.3, -0.25) is 0 Å². The topological polar surface area (TPSA) is 12.0 Å². The average Bonchev–Trinajstić information content (AvgIpc) is 2.82. The second-order valence-corrected chi connectivity index (χ2v) is 5.70. The van der Waals surface area contributed by atoms with Crippen LogP contribution >= 0.6 is 23.2 Å². The van der Waals surface area contributed by atoms with E-state index in [9.17, 15) is 0 Å². The molecular weight excluding hydrogens is 253 g/mol. The molecule has 1 saturated carbocycles. The Morgan fingerprint density at radius 1 is 1.18 bits per heavy atom. The Hall–Kier alpha value is -0.240. The van der Waals surface area contributed by atoms with Crippen molar-refractivity contribution in [3.8, 4) is 0 Å². The molecule has 1 nitrogen and oxygen atoms in total. The largest absolute Gasteiger partial charge is 0.313 e. The van der Waals surface area contributed by atoms with E-state index in [2.05, 4.69) is 5.32 Å². The molecule has 1 aliphatic carbocycles. The highest BCUT2D eigenvalue weighted by atomic mass is 35.5. The average molecular weight is 272 g/mol. The molecule has 1 N–H and O–H groups in total. The van der Waals surface area contributed by atoms with Crippen LogP contribution in [0.4, 0.5) is 0 Å². The van der Waals surface area contributed by atoms with Gasteiger partial charge in [-0.15, -0.1) is 0 Å². The van der Waals surface area contributed by atoms with Crippen molar-refractivity contribution in [3.05, 3.63) is 33.8 Å². The van der Waals surface area contributed by atoms with Crippen LogP contribution in [0.3, 0.4) is 0 Å². The van der Waals surface area contributed by atoms with E-state index in [0.29, 0.717) is 0 Å². The zero-order chi connectivity index (χ0) is 12.1. The third-order valence-electron chi connectivity index (χ3n) is 3.53. The number of halogens is 2. The highest BCUT2D eigenvalue weighted by Gasteiger charge is 2.13. The van der Waals surface area contributed by atoms with E-state index < -0.39 is 0 Å².